The number of rotatable bonds is 12. The average molecular weight is 662 g/mol. The lowest BCUT2D eigenvalue weighted by Gasteiger charge is -2.46. The number of likely N-dealkylation sites (tertiary alicyclic amines) is 1. The van der Waals surface area contributed by atoms with Crippen LogP contribution in [0, 0.1) is 22.6 Å². The highest BCUT2D eigenvalue weighted by atomic mass is 32.1. The normalized spacial score (nSPS) is 15.7. The molecule has 0 spiro atoms. The molecular formula is C36H46FN6O3S. The molecule has 2 aromatic heterocycles. The van der Waals surface area contributed by atoms with Gasteiger partial charge >= 0.3 is 0 Å². The van der Waals surface area contributed by atoms with Gasteiger partial charge in [0, 0.05) is 46.7 Å². The third-order valence-corrected chi connectivity index (χ3v) is 9.22. The summed E-state index contributed by atoms with van der Waals surface area (Å²) in [6.45, 7) is 16.7. The van der Waals surface area contributed by atoms with Gasteiger partial charge in [0.25, 0.3) is 0 Å². The number of carbonyl (C=O) groups excluding carboxylic acids is 1. The molecule has 5 rings (SSSR count). The van der Waals surface area contributed by atoms with Crippen molar-refractivity contribution in [2.75, 3.05) is 37.4 Å². The second-order valence-corrected chi connectivity index (χ2v) is 15.2. The maximum Gasteiger partial charge on any atom is 0.229 e. The van der Waals surface area contributed by atoms with E-state index in [-0.39, 0.29) is 23.2 Å². The summed E-state index contributed by atoms with van der Waals surface area (Å²) in [4.78, 5) is 29.2. The third kappa shape index (κ3) is 8.75. The van der Waals surface area contributed by atoms with Gasteiger partial charge in [-0.2, -0.15) is 0 Å². The van der Waals surface area contributed by atoms with Crippen molar-refractivity contribution < 1.29 is 18.7 Å². The van der Waals surface area contributed by atoms with Crippen LogP contribution in [0.25, 0.3) is 10.9 Å². The Balaban J connectivity index is 1.21. The van der Waals surface area contributed by atoms with Gasteiger partial charge in [0.05, 0.1) is 25.7 Å². The lowest BCUT2D eigenvalue weighted by molar-refractivity contribution is -0.115. The quantitative estimate of drug-likeness (QED) is 0.147. The molecule has 2 aromatic carbocycles. The monoisotopic (exact) mass is 661 g/mol. The number of anilines is 3. The lowest BCUT2D eigenvalue weighted by Crippen LogP contribution is -2.46. The van der Waals surface area contributed by atoms with E-state index in [4.69, 9.17) is 9.47 Å². The molecule has 4 aromatic rings. The van der Waals surface area contributed by atoms with Crippen LogP contribution in [0.1, 0.15) is 65.7 Å². The Kier molecular flexibility index (Phi) is 10.7. The molecule has 2 N–H and O–H groups in total. The molecule has 0 bridgehead atoms. The standard InChI is InChI=1S/C36H46FN6O3S/c1-35(2,3)32(36(4,5)6)28-13-9-14-43(28)15-10-16-46-30-20-27-26(19-29(30)45-7)33(40-22-39-27)42-34-38-21-25(47-34)18-31(44)41-24-12-8-11-23(37)17-24/h8,11-12,17,19-22,28H,9-10,13-16,18H2,1-7H3,(H,41,44)(H,38,39,40,42)/t28-/m1/s1. The van der Waals surface area contributed by atoms with Crippen molar-refractivity contribution >= 4 is 44.8 Å². The molecule has 251 valence electrons. The summed E-state index contributed by atoms with van der Waals surface area (Å²) in [5.74, 6) is 2.77. The first-order valence-electron chi connectivity index (χ1n) is 16.2. The van der Waals surface area contributed by atoms with E-state index in [2.05, 4.69) is 72.0 Å². The topological polar surface area (TPSA) is 102 Å². The Morgan fingerprint density at radius 2 is 1.85 bits per heavy atom. The summed E-state index contributed by atoms with van der Waals surface area (Å²) in [6, 6.07) is 10.1. The molecule has 9 nitrogen and oxygen atoms in total. The maximum atomic E-state index is 13.5. The molecule has 1 atom stereocenters. The molecule has 1 aliphatic rings. The predicted molar refractivity (Wildman–Crippen MR) is 187 cm³/mol. The number of methoxy groups -OCH3 is 1. The fourth-order valence-corrected chi connectivity index (χ4v) is 7.72. The number of hydrogen-bond acceptors (Lipinski definition) is 9. The number of nitrogens with one attached hydrogen (secondary N) is 2. The van der Waals surface area contributed by atoms with Gasteiger partial charge in [0.1, 0.15) is 18.0 Å². The number of nitrogens with zero attached hydrogens (tertiary/aromatic N) is 4. The first kappa shape index (κ1) is 34.5. The lowest BCUT2D eigenvalue weighted by atomic mass is 9.63. The molecule has 1 aliphatic heterocycles. The smallest absolute Gasteiger partial charge is 0.229 e. The van der Waals surface area contributed by atoms with Crippen molar-refractivity contribution in [2.24, 2.45) is 10.8 Å². The van der Waals surface area contributed by atoms with Crippen molar-refractivity contribution in [2.45, 2.75) is 73.3 Å². The molecule has 3 heterocycles. The number of amides is 1. The van der Waals surface area contributed by atoms with Crippen LogP contribution in [0.2, 0.25) is 0 Å². The van der Waals surface area contributed by atoms with E-state index in [1.54, 1.807) is 31.4 Å². The summed E-state index contributed by atoms with van der Waals surface area (Å²) in [7, 11) is 1.62. The molecule has 47 heavy (non-hydrogen) atoms. The average Bonchev–Trinajstić information content (AvgIpc) is 3.62. The van der Waals surface area contributed by atoms with Crippen LogP contribution in [0.15, 0.2) is 48.9 Å². The van der Waals surface area contributed by atoms with E-state index in [1.807, 2.05) is 12.1 Å². The van der Waals surface area contributed by atoms with Gasteiger partial charge in [-0.25, -0.2) is 19.3 Å². The SMILES string of the molecule is COc1cc2c(Nc3ncc(CC(=O)Nc4cccc(F)c4)s3)ncnc2cc1OCCCN1CCC[C@@H]1[C](C(C)(C)C)C(C)(C)C. The minimum Gasteiger partial charge on any atom is -0.493 e. The Morgan fingerprint density at radius 3 is 2.57 bits per heavy atom. The molecule has 11 heteroatoms. The Bertz CT molecular complexity index is 1670. The highest BCUT2D eigenvalue weighted by Gasteiger charge is 2.44. The second-order valence-electron chi connectivity index (χ2n) is 14.0. The highest BCUT2D eigenvalue weighted by molar-refractivity contribution is 7.15. The number of fused-ring (bicyclic) bond motifs is 1. The fourth-order valence-electron chi connectivity index (χ4n) is 6.91. The van der Waals surface area contributed by atoms with Crippen LogP contribution in [0.3, 0.4) is 0 Å². The van der Waals surface area contributed by atoms with Gasteiger partial charge in [-0.05, 0) is 60.9 Å². The number of carbonyl (C=O) groups is 1. The van der Waals surface area contributed by atoms with Gasteiger partial charge in [0.15, 0.2) is 16.6 Å². The van der Waals surface area contributed by atoms with Gasteiger partial charge in [0.2, 0.25) is 5.91 Å². The third-order valence-electron chi connectivity index (χ3n) is 8.30. The molecule has 1 radical (unpaired) electrons. The van der Waals surface area contributed by atoms with Crippen LogP contribution < -0.4 is 20.1 Å². The number of thiazole rings is 1. The molecular weight excluding hydrogens is 616 g/mol. The molecule has 0 saturated carbocycles. The van der Waals surface area contributed by atoms with Crippen molar-refractivity contribution in [1.82, 2.24) is 19.9 Å². The van der Waals surface area contributed by atoms with Crippen molar-refractivity contribution in [3.63, 3.8) is 0 Å². The molecule has 1 amide bonds. The van der Waals surface area contributed by atoms with Crippen LogP contribution in [0.5, 0.6) is 11.5 Å². The summed E-state index contributed by atoms with van der Waals surface area (Å²) < 4.78 is 25.4. The summed E-state index contributed by atoms with van der Waals surface area (Å²) in [5, 5.41) is 7.30. The second kappa shape index (κ2) is 14.5. The Morgan fingerprint density at radius 1 is 1.06 bits per heavy atom. The number of hydrogen-bond donors (Lipinski definition) is 2. The number of benzene rings is 2. The van der Waals surface area contributed by atoms with Gasteiger partial charge in [-0.3, -0.25) is 9.69 Å². The largest absolute Gasteiger partial charge is 0.493 e. The zero-order valence-electron chi connectivity index (χ0n) is 28.4. The van der Waals surface area contributed by atoms with Crippen LogP contribution in [-0.2, 0) is 11.2 Å². The number of aromatic nitrogens is 3. The first-order valence-corrected chi connectivity index (χ1v) is 17.0. The van der Waals surface area contributed by atoms with E-state index in [1.165, 1.54) is 42.6 Å². The van der Waals surface area contributed by atoms with Crippen molar-refractivity contribution in [3.05, 3.63) is 65.5 Å². The van der Waals surface area contributed by atoms with E-state index in [9.17, 15) is 9.18 Å². The van der Waals surface area contributed by atoms with E-state index in [0.717, 1.165) is 29.8 Å². The van der Waals surface area contributed by atoms with Crippen LogP contribution in [-0.4, -0.2) is 58.6 Å². The molecule has 1 saturated heterocycles. The van der Waals surface area contributed by atoms with Crippen LogP contribution in [0.4, 0.5) is 21.0 Å². The fraction of sp³-hybridized carbons (Fsp3) is 0.472. The van der Waals surface area contributed by atoms with Gasteiger partial charge < -0.3 is 20.1 Å². The minimum absolute atomic E-state index is 0.111. The van der Waals surface area contributed by atoms with Crippen molar-refractivity contribution in [1.29, 1.82) is 0 Å². The van der Waals surface area contributed by atoms with Gasteiger partial charge in [-0.15, -0.1) is 11.3 Å². The summed E-state index contributed by atoms with van der Waals surface area (Å²) in [5.41, 5.74) is 1.42. The first-order chi connectivity index (χ1) is 22.3. The molecule has 1 fully saturated rings. The summed E-state index contributed by atoms with van der Waals surface area (Å²) >= 11 is 1.34. The number of ether oxygens (including phenoxy) is 2. The molecule has 0 aliphatic carbocycles. The van der Waals surface area contributed by atoms with Crippen molar-refractivity contribution in [3.8, 4) is 11.5 Å². The van der Waals surface area contributed by atoms with E-state index >= 15 is 0 Å². The van der Waals surface area contributed by atoms with E-state index < -0.39 is 5.82 Å². The summed E-state index contributed by atoms with van der Waals surface area (Å²) in [6.07, 6.45) is 6.59. The van der Waals surface area contributed by atoms with Crippen LogP contribution >= 0.6 is 11.3 Å². The number of halogens is 1. The molecule has 0 unspecified atom stereocenters. The predicted octanol–water partition coefficient (Wildman–Crippen LogP) is 8.06. The highest BCUT2D eigenvalue weighted by Crippen LogP contribution is 2.48. The zero-order valence-corrected chi connectivity index (χ0v) is 29.3. The van der Waals surface area contributed by atoms with Gasteiger partial charge in [-0.1, -0.05) is 47.6 Å². The zero-order chi connectivity index (χ0) is 33.8. The Labute approximate surface area is 281 Å². The van der Waals surface area contributed by atoms with E-state index in [0.29, 0.717) is 46.3 Å². The maximum absolute atomic E-state index is 13.5. The minimum atomic E-state index is -0.407. The Hall–Kier alpha value is -3.83.